The number of carbonyl (C=O) groups excluding carboxylic acids is 2. The molecule has 2 aromatic carbocycles. The number of hydrogen-bond donors (Lipinski definition) is 1. The Kier molecular flexibility index (Phi) is 9.18. The van der Waals surface area contributed by atoms with E-state index in [1.54, 1.807) is 45.0 Å². The van der Waals surface area contributed by atoms with Crippen molar-refractivity contribution in [3.63, 3.8) is 0 Å². The highest BCUT2D eigenvalue weighted by Crippen LogP contribution is 2.41. The predicted molar refractivity (Wildman–Crippen MR) is 131 cm³/mol. The maximum Gasteiger partial charge on any atom is 0.245 e. The van der Waals surface area contributed by atoms with Gasteiger partial charge in [0.15, 0.2) is 9.84 Å². The number of hydroxylamine groups is 1. The first-order valence-corrected chi connectivity index (χ1v) is 12.6. The quantitative estimate of drug-likeness (QED) is 0.427. The maximum absolute atomic E-state index is 13.6. The molecule has 2 aromatic rings. The number of nitrogens with one attached hydrogen (secondary N) is 1. The highest BCUT2D eigenvalue weighted by Gasteiger charge is 2.48. The molecule has 0 atom stereocenters. The number of para-hydroxylation sites is 1. The zero-order chi connectivity index (χ0) is 25.4. The zero-order valence-electron chi connectivity index (χ0n) is 20.0. The molecule has 0 aliphatic heterocycles. The Morgan fingerprint density at radius 2 is 1.50 bits per heavy atom. The molecule has 0 bridgehead atoms. The van der Waals surface area contributed by atoms with Crippen LogP contribution in [0.4, 0.5) is 0 Å². The van der Waals surface area contributed by atoms with Crippen molar-refractivity contribution in [1.82, 2.24) is 5.48 Å². The van der Waals surface area contributed by atoms with Crippen LogP contribution in [0.2, 0.25) is 0 Å². The Morgan fingerprint density at radius 3 is 2.03 bits per heavy atom. The van der Waals surface area contributed by atoms with E-state index in [9.17, 15) is 18.0 Å². The van der Waals surface area contributed by atoms with Crippen molar-refractivity contribution in [2.75, 3.05) is 0 Å². The number of rotatable bonds is 7. The number of ketones is 1. The number of amides is 1. The normalized spacial score (nSPS) is 15.6. The third-order valence-corrected chi connectivity index (χ3v) is 7.94. The maximum atomic E-state index is 13.6. The van der Waals surface area contributed by atoms with Crippen LogP contribution in [0.3, 0.4) is 0 Å². The molecule has 34 heavy (non-hydrogen) atoms. The van der Waals surface area contributed by atoms with E-state index < -0.39 is 26.1 Å². The Bertz CT molecular complexity index is 1060. The van der Waals surface area contributed by atoms with Gasteiger partial charge in [-0.15, -0.1) is 13.2 Å². The van der Waals surface area contributed by atoms with Gasteiger partial charge in [0.25, 0.3) is 0 Å². The number of Topliss-reactive ketones (excluding diaryl/α,β-unsaturated/α-hetero) is 1. The predicted octanol–water partition coefficient (Wildman–Crippen LogP) is 5.17. The van der Waals surface area contributed by atoms with E-state index in [1.165, 1.54) is 12.1 Å². The van der Waals surface area contributed by atoms with Crippen LogP contribution < -0.4 is 10.2 Å². The summed E-state index contributed by atoms with van der Waals surface area (Å²) in [5.74, 6) is 0.621. The summed E-state index contributed by atoms with van der Waals surface area (Å²) in [6.07, 6.45) is 0.170. The number of hydrogen-bond acceptors (Lipinski definition) is 6. The van der Waals surface area contributed by atoms with Gasteiger partial charge in [-0.1, -0.05) is 18.2 Å². The van der Waals surface area contributed by atoms with Crippen LogP contribution in [0.15, 0.2) is 72.7 Å². The van der Waals surface area contributed by atoms with Crippen LogP contribution in [-0.2, 0) is 24.3 Å². The molecular weight excluding hydrogens is 454 g/mol. The molecule has 1 N–H and O–H groups in total. The van der Waals surface area contributed by atoms with Gasteiger partial charge in [-0.3, -0.25) is 14.4 Å². The fourth-order valence-corrected chi connectivity index (χ4v) is 5.68. The molecule has 8 heteroatoms. The first-order chi connectivity index (χ1) is 16.0. The summed E-state index contributed by atoms with van der Waals surface area (Å²) < 4.78 is 31.7. The number of ether oxygens (including phenoxy) is 1. The molecule has 7 nitrogen and oxygen atoms in total. The van der Waals surface area contributed by atoms with Gasteiger partial charge in [-0.2, -0.15) is 0 Å². The van der Waals surface area contributed by atoms with E-state index in [0.717, 1.165) is 0 Å². The highest BCUT2D eigenvalue weighted by atomic mass is 32.2. The Morgan fingerprint density at radius 1 is 0.971 bits per heavy atom. The molecule has 0 aromatic heterocycles. The molecule has 1 fully saturated rings. The van der Waals surface area contributed by atoms with E-state index in [4.69, 9.17) is 9.57 Å². The van der Waals surface area contributed by atoms with E-state index in [1.807, 2.05) is 18.2 Å². The minimum atomic E-state index is -3.91. The van der Waals surface area contributed by atoms with Crippen LogP contribution in [-0.4, -0.2) is 30.5 Å². The third-order valence-electron chi connectivity index (χ3n) is 5.36. The van der Waals surface area contributed by atoms with Gasteiger partial charge < -0.3 is 4.74 Å². The second-order valence-corrected chi connectivity index (χ2v) is 11.4. The second kappa shape index (κ2) is 11.4. The first kappa shape index (κ1) is 27.3. The summed E-state index contributed by atoms with van der Waals surface area (Å²) in [6.45, 7) is 11.3. The van der Waals surface area contributed by atoms with Crippen LogP contribution in [0, 0.1) is 0 Å². The zero-order valence-corrected chi connectivity index (χ0v) is 20.8. The summed E-state index contributed by atoms with van der Waals surface area (Å²) >= 11 is 0. The van der Waals surface area contributed by atoms with E-state index in [2.05, 4.69) is 18.6 Å². The number of sulfone groups is 1. The molecule has 0 saturated heterocycles. The van der Waals surface area contributed by atoms with Gasteiger partial charge in [-0.05, 0) is 70.0 Å². The van der Waals surface area contributed by atoms with Crippen molar-refractivity contribution in [2.45, 2.75) is 68.1 Å². The lowest BCUT2D eigenvalue weighted by Gasteiger charge is -2.36. The van der Waals surface area contributed by atoms with Gasteiger partial charge in [-0.25, -0.2) is 13.9 Å². The molecule has 0 heterocycles. The first-order valence-electron chi connectivity index (χ1n) is 11.1. The fourth-order valence-electron chi connectivity index (χ4n) is 3.63. The standard InChI is InChI=1S/C24H29NO6S.C2H4/c1-23(2,3)31-25-22(27)17-24(15-13-18(26)14-16-24)32(28,29)21-11-9-20(10-12-21)30-19-7-5-4-6-8-19;1-2/h4-12H,13-17H2,1-3H3,(H,25,27);1-2H2. The molecule has 0 unspecified atom stereocenters. The Balaban J connectivity index is 0.00000199. The van der Waals surface area contributed by atoms with Crippen molar-refractivity contribution < 1.29 is 27.6 Å². The lowest BCUT2D eigenvalue weighted by molar-refractivity contribution is -0.146. The largest absolute Gasteiger partial charge is 0.457 e. The van der Waals surface area contributed by atoms with Gasteiger partial charge in [0.05, 0.1) is 15.2 Å². The van der Waals surface area contributed by atoms with Gasteiger partial charge in [0.1, 0.15) is 17.3 Å². The smallest absolute Gasteiger partial charge is 0.245 e. The second-order valence-electron chi connectivity index (χ2n) is 9.03. The topological polar surface area (TPSA) is 98.8 Å². The SMILES string of the molecule is C=C.CC(C)(C)ONC(=O)CC1(S(=O)(=O)c2ccc(Oc3ccccc3)cc2)CCC(=O)CC1. The molecule has 1 saturated carbocycles. The van der Waals surface area contributed by atoms with Crippen molar-refractivity contribution in [1.29, 1.82) is 0 Å². The fraction of sp³-hybridized carbons (Fsp3) is 0.385. The van der Waals surface area contributed by atoms with Crippen LogP contribution in [0.25, 0.3) is 0 Å². The van der Waals surface area contributed by atoms with E-state index >= 15 is 0 Å². The summed E-state index contributed by atoms with van der Waals surface area (Å²) in [5, 5.41) is 0. The van der Waals surface area contributed by atoms with Crippen molar-refractivity contribution in [3.05, 3.63) is 67.8 Å². The minimum absolute atomic E-state index is 0.00813. The van der Waals surface area contributed by atoms with Crippen molar-refractivity contribution in [3.8, 4) is 11.5 Å². The van der Waals surface area contributed by atoms with Crippen LogP contribution in [0.1, 0.15) is 52.9 Å². The molecule has 184 valence electrons. The monoisotopic (exact) mass is 487 g/mol. The molecular formula is C26H33NO6S. The summed E-state index contributed by atoms with van der Waals surface area (Å²) in [4.78, 5) is 29.8. The molecule has 3 rings (SSSR count). The Labute approximate surface area is 202 Å². The lowest BCUT2D eigenvalue weighted by Crippen LogP contribution is -2.47. The van der Waals surface area contributed by atoms with E-state index in [0.29, 0.717) is 11.5 Å². The molecule has 0 radical (unpaired) electrons. The van der Waals surface area contributed by atoms with Gasteiger partial charge in [0.2, 0.25) is 5.91 Å². The average molecular weight is 488 g/mol. The number of benzene rings is 2. The molecule has 1 amide bonds. The summed E-state index contributed by atoms with van der Waals surface area (Å²) in [5.41, 5.74) is 1.75. The third kappa shape index (κ3) is 7.01. The molecule has 1 aliphatic carbocycles. The minimum Gasteiger partial charge on any atom is -0.457 e. The van der Waals surface area contributed by atoms with E-state index in [-0.39, 0.29) is 42.8 Å². The van der Waals surface area contributed by atoms with Gasteiger partial charge in [0, 0.05) is 19.3 Å². The average Bonchev–Trinajstić information content (AvgIpc) is 2.81. The van der Waals surface area contributed by atoms with Crippen molar-refractivity contribution in [2.24, 2.45) is 0 Å². The summed E-state index contributed by atoms with van der Waals surface area (Å²) in [6, 6.07) is 15.3. The van der Waals surface area contributed by atoms with Crippen LogP contribution >= 0.6 is 0 Å². The lowest BCUT2D eigenvalue weighted by atomic mass is 9.85. The molecule has 1 aliphatic rings. The van der Waals surface area contributed by atoms with Gasteiger partial charge >= 0.3 is 0 Å². The summed E-state index contributed by atoms with van der Waals surface area (Å²) in [7, 11) is -3.91. The molecule has 0 spiro atoms. The van der Waals surface area contributed by atoms with Crippen LogP contribution in [0.5, 0.6) is 11.5 Å². The highest BCUT2D eigenvalue weighted by molar-refractivity contribution is 7.92. The number of carbonyl (C=O) groups is 2. The Hall–Kier alpha value is -2.97. The van der Waals surface area contributed by atoms with Crippen molar-refractivity contribution >= 4 is 21.5 Å².